The number of benzene rings is 1. The molecular weight excluding hydrogens is 240 g/mol. The monoisotopic (exact) mass is 262 g/mol. The Morgan fingerprint density at radius 2 is 2.00 bits per heavy atom. The van der Waals surface area contributed by atoms with Gasteiger partial charge in [-0.2, -0.15) is 0 Å². The largest absolute Gasteiger partial charge is 0.496 e. The van der Waals surface area contributed by atoms with Crippen LogP contribution in [0.4, 0.5) is 0 Å². The lowest BCUT2D eigenvalue weighted by molar-refractivity contribution is -0.123. The summed E-state index contributed by atoms with van der Waals surface area (Å²) in [5.74, 6) is 0.918. The van der Waals surface area contributed by atoms with Gasteiger partial charge in [0, 0.05) is 17.6 Å². The number of amides is 1. The number of hydrogen-bond acceptors (Lipinski definition) is 3. The van der Waals surface area contributed by atoms with Gasteiger partial charge in [0.25, 0.3) is 0 Å². The Bertz CT molecular complexity index is 444. The highest BCUT2D eigenvalue weighted by Gasteiger charge is 2.26. The smallest absolute Gasteiger partial charge is 0.237 e. The average molecular weight is 262 g/mol. The van der Waals surface area contributed by atoms with E-state index in [0.29, 0.717) is 6.04 Å². The van der Waals surface area contributed by atoms with E-state index in [1.165, 1.54) is 0 Å². The van der Waals surface area contributed by atoms with Crippen molar-refractivity contribution in [3.05, 3.63) is 29.8 Å². The third-order valence-electron chi connectivity index (χ3n) is 3.42. The molecule has 1 aromatic rings. The molecule has 19 heavy (non-hydrogen) atoms. The van der Waals surface area contributed by atoms with Gasteiger partial charge in [0.2, 0.25) is 5.91 Å². The van der Waals surface area contributed by atoms with E-state index in [1.54, 1.807) is 7.11 Å². The average Bonchev–Trinajstić information content (AvgIpc) is 3.22. The highest BCUT2D eigenvalue weighted by Crippen LogP contribution is 2.24. The molecule has 1 fully saturated rings. The molecule has 1 aliphatic rings. The van der Waals surface area contributed by atoms with Crippen molar-refractivity contribution >= 4 is 5.91 Å². The van der Waals surface area contributed by atoms with Gasteiger partial charge in [0.15, 0.2) is 0 Å². The summed E-state index contributed by atoms with van der Waals surface area (Å²) in [6.07, 6.45) is 2.22. The molecule has 104 valence electrons. The first-order chi connectivity index (χ1) is 9.11. The molecular formula is C15H22N2O2. The molecule has 0 radical (unpaired) electrons. The molecule has 0 heterocycles. The molecule has 0 bridgehead atoms. The van der Waals surface area contributed by atoms with Crippen LogP contribution in [0.5, 0.6) is 5.75 Å². The molecule has 1 amide bonds. The maximum atomic E-state index is 11.9. The maximum absolute atomic E-state index is 11.9. The van der Waals surface area contributed by atoms with Gasteiger partial charge >= 0.3 is 0 Å². The van der Waals surface area contributed by atoms with Gasteiger partial charge in [-0.05, 0) is 32.8 Å². The van der Waals surface area contributed by atoms with Crippen molar-refractivity contribution in [2.24, 2.45) is 0 Å². The molecule has 1 saturated carbocycles. The Kier molecular flexibility index (Phi) is 4.43. The van der Waals surface area contributed by atoms with E-state index in [1.807, 2.05) is 38.1 Å². The third-order valence-corrected chi connectivity index (χ3v) is 3.42. The fourth-order valence-electron chi connectivity index (χ4n) is 2.12. The normalized spacial score (nSPS) is 17.6. The first kappa shape index (κ1) is 13.9. The number of ether oxygens (including phenoxy) is 1. The van der Waals surface area contributed by atoms with Crippen molar-refractivity contribution in [2.45, 2.75) is 44.8 Å². The van der Waals surface area contributed by atoms with E-state index >= 15 is 0 Å². The predicted octanol–water partition coefficient (Wildman–Crippen LogP) is 2.01. The summed E-state index contributed by atoms with van der Waals surface area (Å²) in [6, 6.07) is 8.13. The summed E-state index contributed by atoms with van der Waals surface area (Å²) in [7, 11) is 1.66. The lowest BCUT2D eigenvalue weighted by atomic mass is 10.1. The van der Waals surface area contributed by atoms with Crippen molar-refractivity contribution < 1.29 is 9.53 Å². The fraction of sp³-hybridized carbons (Fsp3) is 0.533. The van der Waals surface area contributed by atoms with Gasteiger partial charge in [-0.3, -0.25) is 10.1 Å². The van der Waals surface area contributed by atoms with Crippen molar-refractivity contribution in [3.63, 3.8) is 0 Å². The van der Waals surface area contributed by atoms with E-state index in [9.17, 15) is 4.79 Å². The molecule has 4 nitrogen and oxygen atoms in total. The third kappa shape index (κ3) is 3.70. The van der Waals surface area contributed by atoms with Crippen LogP contribution in [0.2, 0.25) is 0 Å². The standard InChI is InChI=1S/C15H22N2O2/c1-10(13-6-4-5-7-14(13)19-3)16-11(2)15(18)17-12-8-9-12/h4-7,10-12,16H,8-9H2,1-3H3,(H,17,18). The number of nitrogens with one attached hydrogen (secondary N) is 2. The van der Waals surface area contributed by atoms with Crippen molar-refractivity contribution in [1.82, 2.24) is 10.6 Å². The first-order valence-corrected chi connectivity index (χ1v) is 6.81. The number of carbonyl (C=O) groups is 1. The number of para-hydroxylation sites is 1. The summed E-state index contributed by atoms with van der Waals surface area (Å²) < 4.78 is 5.34. The highest BCUT2D eigenvalue weighted by atomic mass is 16.5. The van der Waals surface area contributed by atoms with E-state index < -0.39 is 0 Å². The number of methoxy groups -OCH3 is 1. The van der Waals surface area contributed by atoms with Crippen LogP contribution in [0, 0.1) is 0 Å². The number of rotatable bonds is 6. The Morgan fingerprint density at radius 3 is 2.63 bits per heavy atom. The van der Waals surface area contributed by atoms with E-state index in [0.717, 1.165) is 24.2 Å². The molecule has 1 aromatic carbocycles. The molecule has 0 spiro atoms. The van der Waals surface area contributed by atoms with E-state index in [2.05, 4.69) is 10.6 Å². The quantitative estimate of drug-likeness (QED) is 0.824. The second-order valence-electron chi connectivity index (χ2n) is 5.13. The minimum absolute atomic E-state index is 0.0658. The fourth-order valence-corrected chi connectivity index (χ4v) is 2.12. The van der Waals surface area contributed by atoms with Gasteiger partial charge in [0.05, 0.1) is 13.2 Å². The van der Waals surface area contributed by atoms with E-state index in [-0.39, 0.29) is 18.0 Å². The Morgan fingerprint density at radius 1 is 1.32 bits per heavy atom. The topological polar surface area (TPSA) is 50.4 Å². The number of carbonyl (C=O) groups excluding carboxylic acids is 1. The minimum atomic E-state index is -0.208. The van der Waals surface area contributed by atoms with Crippen LogP contribution in [0.25, 0.3) is 0 Å². The van der Waals surface area contributed by atoms with Crippen LogP contribution in [0.1, 0.15) is 38.3 Å². The number of hydrogen-bond donors (Lipinski definition) is 2. The highest BCUT2D eigenvalue weighted by molar-refractivity contribution is 5.81. The summed E-state index contributed by atoms with van der Waals surface area (Å²) in [6.45, 7) is 3.93. The van der Waals surface area contributed by atoms with Crippen molar-refractivity contribution in [3.8, 4) is 5.75 Å². The van der Waals surface area contributed by atoms with Crippen LogP contribution in [-0.2, 0) is 4.79 Å². The summed E-state index contributed by atoms with van der Waals surface area (Å²) in [5.41, 5.74) is 1.07. The van der Waals surface area contributed by atoms with Gasteiger partial charge in [-0.15, -0.1) is 0 Å². The maximum Gasteiger partial charge on any atom is 0.237 e. The summed E-state index contributed by atoms with van der Waals surface area (Å²) in [4.78, 5) is 11.9. The molecule has 0 saturated heterocycles. The molecule has 0 aliphatic heterocycles. The van der Waals surface area contributed by atoms with Gasteiger partial charge in [-0.25, -0.2) is 0 Å². The van der Waals surface area contributed by atoms with E-state index in [4.69, 9.17) is 4.74 Å². The predicted molar refractivity (Wildman–Crippen MR) is 75.2 cm³/mol. The van der Waals surface area contributed by atoms with Crippen LogP contribution in [0.15, 0.2) is 24.3 Å². The summed E-state index contributed by atoms with van der Waals surface area (Å²) in [5, 5.41) is 6.32. The lowest BCUT2D eigenvalue weighted by Crippen LogP contribution is -2.43. The zero-order valence-corrected chi connectivity index (χ0v) is 11.8. The molecule has 4 heteroatoms. The molecule has 1 aliphatic carbocycles. The second kappa shape index (κ2) is 6.06. The zero-order chi connectivity index (χ0) is 13.8. The molecule has 2 atom stereocenters. The molecule has 2 unspecified atom stereocenters. The second-order valence-corrected chi connectivity index (χ2v) is 5.13. The summed E-state index contributed by atoms with van der Waals surface area (Å²) >= 11 is 0. The molecule has 2 rings (SSSR count). The van der Waals surface area contributed by atoms with Crippen molar-refractivity contribution in [1.29, 1.82) is 0 Å². The van der Waals surface area contributed by atoms with Crippen LogP contribution in [0.3, 0.4) is 0 Å². The lowest BCUT2D eigenvalue weighted by Gasteiger charge is -2.21. The van der Waals surface area contributed by atoms with Gasteiger partial charge < -0.3 is 10.1 Å². The van der Waals surface area contributed by atoms with Crippen LogP contribution in [-0.4, -0.2) is 25.1 Å². The zero-order valence-electron chi connectivity index (χ0n) is 11.8. The molecule has 0 aromatic heterocycles. The van der Waals surface area contributed by atoms with Gasteiger partial charge in [0.1, 0.15) is 5.75 Å². The SMILES string of the molecule is COc1ccccc1C(C)NC(C)C(=O)NC1CC1. The van der Waals surface area contributed by atoms with Crippen molar-refractivity contribution in [2.75, 3.05) is 7.11 Å². The van der Waals surface area contributed by atoms with Crippen LogP contribution < -0.4 is 15.4 Å². The molecule has 2 N–H and O–H groups in total. The Balaban J connectivity index is 1.95. The van der Waals surface area contributed by atoms with Gasteiger partial charge in [-0.1, -0.05) is 18.2 Å². The minimum Gasteiger partial charge on any atom is -0.496 e. The Hall–Kier alpha value is -1.55. The first-order valence-electron chi connectivity index (χ1n) is 6.81. The Labute approximate surface area is 114 Å². The van der Waals surface area contributed by atoms with Crippen LogP contribution >= 0.6 is 0 Å².